The number of esters is 4. The van der Waals surface area contributed by atoms with E-state index >= 15 is 0 Å². The van der Waals surface area contributed by atoms with Crippen molar-refractivity contribution in [2.24, 2.45) is 34.5 Å². The molecular formula is C36H48O18. The Hall–Kier alpha value is -3.49. The molecule has 2 bridgehead atoms. The average Bonchev–Trinajstić information content (AvgIpc) is 3.41. The van der Waals surface area contributed by atoms with Gasteiger partial charge in [-0.3, -0.25) is 9.59 Å². The number of aliphatic hydroxyl groups excluding tert-OH is 6. The first-order valence-electron chi connectivity index (χ1n) is 17.8. The number of fused-ring (bicyclic) bond motifs is 2. The first-order chi connectivity index (χ1) is 25.1. The minimum absolute atomic E-state index is 0.00828. The summed E-state index contributed by atoms with van der Waals surface area (Å²) in [5.41, 5.74) is -6.85. The fourth-order valence-electron chi connectivity index (χ4n) is 10.2. The Kier molecular flexibility index (Phi) is 10.1. The monoisotopic (exact) mass is 768 g/mol. The smallest absolute Gasteiger partial charge is 0.348 e. The van der Waals surface area contributed by atoms with Gasteiger partial charge in [0.05, 0.1) is 32.3 Å². The largest absolute Gasteiger partial charge is 0.467 e. The Balaban J connectivity index is 1.43. The summed E-state index contributed by atoms with van der Waals surface area (Å²) in [6.45, 7) is 7.80. The minimum Gasteiger partial charge on any atom is -0.467 e. The van der Waals surface area contributed by atoms with Crippen molar-refractivity contribution in [3.8, 4) is 0 Å². The van der Waals surface area contributed by atoms with Crippen molar-refractivity contribution >= 4 is 29.7 Å². The molecule has 3 aliphatic carbocycles. The van der Waals surface area contributed by atoms with Crippen molar-refractivity contribution in [2.75, 3.05) is 20.3 Å². The molecule has 3 aliphatic heterocycles. The Morgan fingerprint density at radius 2 is 1.69 bits per heavy atom. The molecule has 6 rings (SSSR count). The van der Waals surface area contributed by atoms with Gasteiger partial charge in [0.2, 0.25) is 23.8 Å². The number of carbonyl (C=O) groups is 5. The number of aliphatic hydroxyl groups is 6. The Bertz CT molecular complexity index is 1650. The van der Waals surface area contributed by atoms with Crippen LogP contribution in [0.1, 0.15) is 48.0 Å². The molecule has 0 radical (unpaired) electrons. The molecule has 3 saturated heterocycles. The van der Waals surface area contributed by atoms with Crippen LogP contribution in [-0.2, 0) is 57.1 Å². The molecule has 5 fully saturated rings. The van der Waals surface area contributed by atoms with E-state index in [9.17, 15) is 54.6 Å². The Morgan fingerprint density at radius 1 is 1.02 bits per heavy atom. The van der Waals surface area contributed by atoms with E-state index in [-0.39, 0.29) is 17.8 Å². The summed E-state index contributed by atoms with van der Waals surface area (Å²) in [5, 5.41) is 65.1. The van der Waals surface area contributed by atoms with Crippen LogP contribution in [-0.4, -0.2) is 147 Å². The number of carbonyl (C=O) groups excluding carboxylic acids is 5. The van der Waals surface area contributed by atoms with Gasteiger partial charge >= 0.3 is 23.9 Å². The normalized spacial score (nSPS) is 45.6. The molecule has 18 heteroatoms. The van der Waals surface area contributed by atoms with E-state index in [4.69, 9.17) is 33.2 Å². The van der Waals surface area contributed by atoms with Crippen molar-refractivity contribution in [3.63, 3.8) is 0 Å². The summed E-state index contributed by atoms with van der Waals surface area (Å²) >= 11 is 0. The molecule has 0 amide bonds. The summed E-state index contributed by atoms with van der Waals surface area (Å²) in [4.78, 5) is 67.7. The molecule has 16 atom stereocenters. The fourth-order valence-corrected chi connectivity index (χ4v) is 10.2. The summed E-state index contributed by atoms with van der Waals surface area (Å²) in [6.07, 6.45) is -13.1. The second kappa shape index (κ2) is 13.6. The van der Waals surface area contributed by atoms with E-state index in [0.717, 1.165) is 13.2 Å². The molecule has 0 aromatic rings. The zero-order chi connectivity index (χ0) is 40.0. The predicted molar refractivity (Wildman–Crippen MR) is 175 cm³/mol. The quantitative estimate of drug-likeness (QED) is 0.0881. The number of Topliss-reactive ketones (excluding diaryl/α,β-unsaturated/α-hetero) is 1. The Morgan fingerprint density at radius 3 is 2.30 bits per heavy atom. The highest BCUT2D eigenvalue weighted by molar-refractivity contribution is 6.00. The van der Waals surface area contributed by atoms with Gasteiger partial charge in [-0.1, -0.05) is 13.8 Å². The van der Waals surface area contributed by atoms with E-state index in [2.05, 4.69) is 0 Å². The van der Waals surface area contributed by atoms with Gasteiger partial charge in [-0.2, -0.15) is 0 Å². The van der Waals surface area contributed by atoms with Gasteiger partial charge < -0.3 is 63.8 Å². The van der Waals surface area contributed by atoms with Crippen LogP contribution in [0.3, 0.4) is 0 Å². The molecule has 0 aromatic carbocycles. The second-order valence-corrected chi connectivity index (χ2v) is 16.0. The van der Waals surface area contributed by atoms with Crippen molar-refractivity contribution < 1.29 is 87.8 Å². The molecule has 2 saturated carbocycles. The fraction of sp³-hybridized carbons (Fsp3) is 0.750. The third kappa shape index (κ3) is 5.55. The molecule has 3 heterocycles. The van der Waals surface area contributed by atoms with Gasteiger partial charge in [-0.15, -0.1) is 0 Å². The molecule has 6 aliphatic rings. The number of ether oxygens (including phenoxy) is 7. The van der Waals surface area contributed by atoms with Gasteiger partial charge in [-0.05, 0) is 50.7 Å². The van der Waals surface area contributed by atoms with Crippen LogP contribution in [0.15, 0.2) is 23.5 Å². The number of ketones is 1. The standard InChI is InChI=1S/C36H48O18/c1-13-8-17(50-31-23(42)22(41)21(40)18(11-37)51-31)28(44)34(6)16(13)10-19-35-12-49-36(32(47)48-7,29(45)24(43)26(34)35)27(35)25(30(46)52-19)53-20(39)9-14(2)33(4,5)54-15(3)38/h8-9,13,16,18-19,21-27,29,31,37,40-43,45H,10-12H2,1-7H3/b14-9+/t13-,16+,18?,19-,21-,22-,23+,24-,25-,26-,27-,29+,31-,34+,35-,36+/m1/s1. The molecular weight excluding hydrogens is 720 g/mol. The van der Waals surface area contributed by atoms with Crippen LogP contribution in [0, 0.1) is 34.5 Å². The number of hydrogen-bond donors (Lipinski definition) is 6. The van der Waals surface area contributed by atoms with Crippen LogP contribution < -0.4 is 0 Å². The molecule has 18 nitrogen and oxygen atoms in total. The van der Waals surface area contributed by atoms with Crippen molar-refractivity contribution in [2.45, 2.75) is 114 Å². The molecule has 54 heavy (non-hydrogen) atoms. The molecule has 0 aromatic heterocycles. The lowest BCUT2D eigenvalue weighted by Gasteiger charge is -2.67. The maximum absolute atomic E-state index is 14.8. The lowest BCUT2D eigenvalue weighted by molar-refractivity contribution is -0.297. The van der Waals surface area contributed by atoms with Gasteiger partial charge in [-0.25, -0.2) is 14.4 Å². The van der Waals surface area contributed by atoms with Crippen molar-refractivity contribution in [3.05, 3.63) is 23.5 Å². The van der Waals surface area contributed by atoms with E-state index in [1.165, 1.54) is 40.7 Å². The van der Waals surface area contributed by atoms with Crippen LogP contribution in [0.2, 0.25) is 0 Å². The number of hydrogen-bond acceptors (Lipinski definition) is 18. The maximum atomic E-state index is 14.8. The lowest BCUT2D eigenvalue weighted by atomic mass is 9.37. The highest BCUT2D eigenvalue weighted by Crippen LogP contribution is 2.72. The number of rotatable bonds is 8. The van der Waals surface area contributed by atoms with E-state index in [1.54, 1.807) is 6.92 Å². The lowest BCUT2D eigenvalue weighted by Crippen LogP contribution is -2.80. The van der Waals surface area contributed by atoms with Crippen LogP contribution in [0.4, 0.5) is 0 Å². The first-order valence-corrected chi connectivity index (χ1v) is 17.8. The molecule has 1 unspecified atom stereocenters. The second-order valence-electron chi connectivity index (χ2n) is 16.0. The topological polar surface area (TPSA) is 271 Å². The third-order valence-electron chi connectivity index (χ3n) is 12.8. The van der Waals surface area contributed by atoms with Crippen LogP contribution in [0.25, 0.3) is 0 Å². The maximum Gasteiger partial charge on any atom is 0.348 e. The molecule has 1 spiro atoms. The highest BCUT2D eigenvalue weighted by Gasteiger charge is 2.86. The predicted octanol–water partition coefficient (Wildman–Crippen LogP) is -2.05. The zero-order valence-electron chi connectivity index (χ0n) is 30.9. The zero-order valence-corrected chi connectivity index (χ0v) is 30.9. The first kappa shape index (κ1) is 40.2. The van der Waals surface area contributed by atoms with E-state index in [0.29, 0.717) is 0 Å². The minimum atomic E-state index is -2.47. The van der Waals surface area contributed by atoms with Gasteiger partial charge in [0.1, 0.15) is 42.2 Å². The average molecular weight is 769 g/mol. The Labute approximate surface area is 309 Å². The van der Waals surface area contributed by atoms with Gasteiger partial charge in [0.15, 0.2) is 5.76 Å². The third-order valence-corrected chi connectivity index (χ3v) is 12.8. The number of allylic oxidation sites excluding steroid dienone is 2. The van der Waals surface area contributed by atoms with Gasteiger partial charge in [0.25, 0.3) is 0 Å². The van der Waals surface area contributed by atoms with Crippen molar-refractivity contribution in [1.82, 2.24) is 0 Å². The van der Waals surface area contributed by atoms with Crippen LogP contribution in [0.5, 0.6) is 0 Å². The van der Waals surface area contributed by atoms with E-state index in [1.807, 2.05) is 0 Å². The highest BCUT2D eigenvalue weighted by atomic mass is 16.7. The summed E-state index contributed by atoms with van der Waals surface area (Å²) in [6, 6.07) is 0. The summed E-state index contributed by atoms with van der Waals surface area (Å²) in [7, 11) is 1.01. The van der Waals surface area contributed by atoms with Crippen LogP contribution >= 0.6 is 0 Å². The van der Waals surface area contributed by atoms with Gasteiger partial charge in [0, 0.05) is 29.7 Å². The SMILES string of the molecule is COC(=O)[C@@]12OC[C@]34[C@H]([C@@H](O)[C@@H]1O)[C@@]1(C)C(=O)C(O[C@@H]5OC(CO)[C@@H](O)[C@@H](O)[C@@H]5O)=C[C@@H](C)[C@@H]1C[C@H]3OC(=O)[C@H](OC(=O)/C=C(\C)C(C)(C)OC(C)=O)[C@@H]24. The number of methoxy groups -OCH3 is 1. The molecule has 300 valence electrons. The van der Waals surface area contributed by atoms with Crippen molar-refractivity contribution in [1.29, 1.82) is 0 Å². The van der Waals surface area contributed by atoms with E-state index < -0.39 is 144 Å². The summed E-state index contributed by atoms with van der Waals surface area (Å²) in [5.74, 6) is -9.23. The molecule has 6 N–H and O–H groups in total. The summed E-state index contributed by atoms with van der Waals surface area (Å²) < 4.78 is 39.6.